The van der Waals surface area contributed by atoms with E-state index in [1.807, 2.05) is 36.4 Å². The first-order chi connectivity index (χ1) is 19.4. The number of nitrogens with zero attached hydrogens (tertiary/aromatic N) is 2. The number of hydrogen-bond acceptors (Lipinski definition) is 6. The summed E-state index contributed by atoms with van der Waals surface area (Å²) in [5.74, 6) is -1.83. The Hall–Kier alpha value is -5.25. The van der Waals surface area contributed by atoms with Crippen molar-refractivity contribution in [2.45, 2.75) is 13.0 Å². The molecule has 2 heterocycles. The molecule has 0 spiro atoms. The van der Waals surface area contributed by atoms with Crippen molar-refractivity contribution in [2.75, 3.05) is 13.2 Å². The minimum Gasteiger partial charge on any atom is -0.463 e. The lowest BCUT2D eigenvalue weighted by molar-refractivity contribution is -0.139. The molecule has 0 fully saturated rings. The van der Waals surface area contributed by atoms with E-state index in [0.717, 1.165) is 0 Å². The van der Waals surface area contributed by atoms with Crippen LogP contribution in [0.2, 0.25) is 0 Å². The van der Waals surface area contributed by atoms with Gasteiger partial charge in [0, 0.05) is 11.8 Å². The fourth-order valence-electron chi connectivity index (χ4n) is 4.35. The van der Waals surface area contributed by atoms with Crippen LogP contribution >= 0.6 is 0 Å². The maximum atomic E-state index is 13.6. The third-order valence-corrected chi connectivity index (χ3v) is 6.20. The molecule has 2 N–H and O–H groups in total. The number of carbonyl (C=O) groups is 3. The molecule has 40 heavy (non-hydrogen) atoms. The Balaban J connectivity index is 1.49. The van der Waals surface area contributed by atoms with E-state index in [4.69, 9.17) is 9.47 Å². The van der Waals surface area contributed by atoms with Crippen LogP contribution in [0.1, 0.15) is 28.9 Å². The summed E-state index contributed by atoms with van der Waals surface area (Å²) in [4.78, 5) is 38.9. The van der Waals surface area contributed by atoms with Crippen LogP contribution in [0.3, 0.4) is 0 Å². The van der Waals surface area contributed by atoms with Crippen LogP contribution in [0.25, 0.3) is 16.9 Å². The van der Waals surface area contributed by atoms with Gasteiger partial charge in [-0.05, 0) is 48.9 Å². The summed E-state index contributed by atoms with van der Waals surface area (Å²) in [5, 5.41) is 9.87. The Morgan fingerprint density at radius 2 is 1.60 bits per heavy atom. The van der Waals surface area contributed by atoms with E-state index in [1.165, 1.54) is 35.1 Å². The van der Waals surface area contributed by atoms with Gasteiger partial charge in [0.25, 0.3) is 0 Å². The largest absolute Gasteiger partial charge is 0.463 e. The van der Waals surface area contributed by atoms with Crippen LogP contribution in [0.5, 0.6) is 0 Å². The zero-order chi connectivity index (χ0) is 28.1. The molecule has 10 heteroatoms. The predicted molar refractivity (Wildman–Crippen MR) is 144 cm³/mol. The van der Waals surface area contributed by atoms with E-state index in [1.54, 1.807) is 31.2 Å². The number of urea groups is 1. The molecular weight excluding hydrogens is 515 g/mol. The summed E-state index contributed by atoms with van der Waals surface area (Å²) in [6.45, 7) is 1.37. The second-order valence-electron chi connectivity index (χ2n) is 8.81. The monoisotopic (exact) mass is 540 g/mol. The highest BCUT2D eigenvalue weighted by molar-refractivity contribution is 5.97. The molecule has 1 aromatic heterocycles. The predicted octanol–water partition coefficient (Wildman–Crippen LogP) is 4.71. The average molecular weight is 541 g/mol. The molecule has 0 saturated heterocycles. The average Bonchev–Trinajstić information content (AvgIpc) is 3.43. The Kier molecular flexibility index (Phi) is 7.68. The second-order valence-corrected chi connectivity index (χ2v) is 8.81. The second kappa shape index (κ2) is 11.6. The standard InChI is InChI=1S/C30H25FN4O5/c1-2-39-29(37)25-24(32-30(38)33-27(25)19-9-5-3-6-10-19)18-40-28(36)23-17-35(22-11-7-4-8-12-22)34-26(23)20-13-15-21(31)16-14-20/h3-17,27H,2,18H2,1H3,(H2,32,33,38)/t27-/m0/s1. The first kappa shape index (κ1) is 26.4. The lowest BCUT2D eigenvalue weighted by Crippen LogP contribution is -2.47. The molecule has 0 bridgehead atoms. The third kappa shape index (κ3) is 5.60. The first-order valence-corrected chi connectivity index (χ1v) is 12.6. The number of para-hydroxylation sites is 1. The van der Waals surface area contributed by atoms with Gasteiger partial charge in [0.1, 0.15) is 23.7 Å². The number of benzene rings is 3. The molecule has 1 aliphatic heterocycles. The zero-order valence-corrected chi connectivity index (χ0v) is 21.5. The van der Waals surface area contributed by atoms with Gasteiger partial charge in [0.05, 0.1) is 29.6 Å². The number of rotatable bonds is 8. The van der Waals surface area contributed by atoms with Gasteiger partial charge in [0.2, 0.25) is 0 Å². The van der Waals surface area contributed by atoms with Crippen molar-refractivity contribution < 1.29 is 28.2 Å². The molecule has 9 nitrogen and oxygen atoms in total. The molecule has 1 atom stereocenters. The topological polar surface area (TPSA) is 112 Å². The maximum absolute atomic E-state index is 13.6. The number of esters is 2. The summed E-state index contributed by atoms with van der Waals surface area (Å²) in [6, 6.07) is 22.3. The quantitative estimate of drug-likeness (QED) is 0.313. The lowest BCUT2D eigenvalue weighted by Gasteiger charge is -2.29. The number of amides is 2. The van der Waals surface area contributed by atoms with Crippen molar-refractivity contribution in [3.05, 3.63) is 119 Å². The van der Waals surface area contributed by atoms with Crippen molar-refractivity contribution in [3.63, 3.8) is 0 Å². The van der Waals surface area contributed by atoms with Gasteiger partial charge in [-0.3, -0.25) is 0 Å². The maximum Gasteiger partial charge on any atom is 0.342 e. The Labute approximate surface area is 229 Å². The molecule has 4 aromatic rings. The van der Waals surface area contributed by atoms with Gasteiger partial charge >= 0.3 is 18.0 Å². The first-order valence-electron chi connectivity index (χ1n) is 12.6. The third-order valence-electron chi connectivity index (χ3n) is 6.20. The minimum absolute atomic E-state index is 0.100. The molecule has 3 aromatic carbocycles. The van der Waals surface area contributed by atoms with E-state index >= 15 is 0 Å². The summed E-state index contributed by atoms with van der Waals surface area (Å²) in [5.41, 5.74) is 2.50. The SMILES string of the molecule is CCOC(=O)C1=C(COC(=O)c2cn(-c3ccccc3)nc2-c2ccc(F)cc2)NC(=O)N[C@H]1c1ccccc1. The molecular formula is C30H25FN4O5. The number of aromatic nitrogens is 2. The Morgan fingerprint density at radius 1 is 0.925 bits per heavy atom. The molecule has 1 aliphatic rings. The fourth-order valence-corrected chi connectivity index (χ4v) is 4.35. The van der Waals surface area contributed by atoms with Crippen molar-refractivity contribution in [1.82, 2.24) is 20.4 Å². The highest BCUT2D eigenvalue weighted by Gasteiger charge is 2.34. The number of ether oxygens (including phenoxy) is 2. The normalized spacial score (nSPS) is 14.8. The van der Waals surface area contributed by atoms with Crippen LogP contribution in [0.15, 0.2) is 102 Å². The van der Waals surface area contributed by atoms with E-state index in [-0.39, 0.29) is 29.1 Å². The Morgan fingerprint density at radius 3 is 2.27 bits per heavy atom. The molecule has 202 valence electrons. The van der Waals surface area contributed by atoms with Crippen LogP contribution in [-0.2, 0) is 14.3 Å². The summed E-state index contributed by atoms with van der Waals surface area (Å²) < 4.78 is 26.0. The van der Waals surface area contributed by atoms with E-state index in [9.17, 15) is 18.8 Å². The Bertz CT molecular complexity index is 1570. The van der Waals surface area contributed by atoms with Crippen LogP contribution in [0, 0.1) is 5.82 Å². The molecule has 2 amide bonds. The molecule has 5 rings (SSSR count). The number of nitrogens with one attached hydrogen (secondary N) is 2. The van der Waals surface area contributed by atoms with Gasteiger partial charge < -0.3 is 20.1 Å². The van der Waals surface area contributed by atoms with Crippen LogP contribution < -0.4 is 10.6 Å². The fraction of sp³-hybridized carbons (Fsp3) is 0.133. The zero-order valence-electron chi connectivity index (χ0n) is 21.5. The van der Waals surface area contributed by atoms with Crippen molar-refractivity contribution in [1.29, 1.82) is 0 Å². The minimum atomic E-state index is -0.807. The molecule has 0 aliphatic carbocycles. The molecule has 0 radical (unpaired) electrons. The van der Waals surface area contributed by atoms with Gasteiger partial charge in [-0.1, -0.05) is 48.5 Å². The van der Waals surface area contributed by atoms with Crippen LogP contribution in [-0.4, -0.2) is 41.0 Å². The number of hydrogen-bond donors (Lipinski definition) is 2. The van der Waals surface area contributed by atoms with E-state index in [0.29, 0.717) is 16.8 Å². The number of carbonyl (C=O) groups excluding carboxylic acids is 3. The highest BCUT2D eigenvalue weighted by Crippen LogP contribution is 2.29. The summed E-state index contributed by atoms with van der Waals surface area (Å²) >= 11 is 0. The van der Waals surface area contributed by atoms with Gasteiger partial charge in [-0.25, -0.2) is 23.5 Å². The van der Waals surface area contributed by atoms with Gasteiger partial charge in [-0.15, -0.1) is 0 Å². The molecule has 0 saturated carbocycles. The lowest BCUT2D eigenvalue weighted by atomic mass is 9.95. The summed E-state index contributed by atoms with van der Waals surface area (Å²) in [6.07, 6.45) is 1.52. The van der Waals surface area contributed by atoms with Gasteiger partial charge in [-0.2, -0.15) is 5.10 Å². The van der Waals surface area contributed by atoms with E-state index in [2.05, 4.69) is 15.7 Å². The van der Waals surface area contributed by atoms with Crippen molar-refractivity contribution in [3.8, 4) is 16.9 Å². The van der Waals surface area contributed by atoms with Crippen molar-refractivity contribution in [2.24, 2.45) is 0 Å². The van der Waals surface area contributed by atoms with E-state index < -0.39 is 36.4 Å². The van der Waals surface area contributed by atoms with Crippen molar-refractivity contribution >= 4 is 18.0 Å². The number of halogens is 1. The summed E-state index contributed by atoms with van der Waals surface area (Å²) in [7, 11) is 0. The van der Waals surface area contributed by atoms with Gasteiger partial charge in [0.15, 0.2) is 0 Å². The molecule has 0 unspecified atom stereocenters. The van der Waals surface area contributed by atoms with Crippen LogP contribution in [0.4, 0.5) is 9.18 Å². The highest BCUT2D eigenvalue weighted by atomic mass is 19.1. The smallest absolute Gasteiger partial charge is 0.342 e.